The van der Waals surface area contributed by atoms with E-state index in [4.69, 9.17) is 4.74 Å². The lowest BCUT2D eigenvalue weighted by Crippen LogP contribution is -2.29. The lowest BCUT2D eigenvalue weighted by atomic mass is 10.3. The van der Waals surface area contributed by atoms with Crippen LogP contribution in [-0.2, 0) is 10.2 Å². The van der Waals surface area contributed by atoms with E-state index in [1.165, 1.54) is 20.2 Å². The third kappa shape index (κ3) is 5.07. The van der Waals surface area contributed by atoms with Crippen molar-refractivity contribution in [2.45, 2.75) is 20.0 Å². The van der Waals surface area contributed by atoms with E-state index in [1.54, 1.807) is 6.07 Å². The van der Waals surface area contributed by atoms with Crippen molar-refractivity contribution in [3.63, 3.8) is 0 Å². The summed E-state index contributed by atoms with van der Waals surface area (Å²) in [5.74, 6) is 1.44. The predicted molar refractivity (Wildman–Crippen MR) is 93.8 cm³/mol. The second-order valence-corrected chi connectivity index (χ2v) is 7.39. The molecule has 2 rings (SSSR count). The largest absolute Gasteiger partial charge is 0.491 e. The first-order chi connectivity index (χ1) is 11.3. The second kappa shape index (κ2) is 7.45. The summed E-state index contributed by atoms with van der Waals surface area (Å²) in [5, 5.41) is 10.9. The van der Waals surface area contributed by atoms with Gasteiger partial charge in [-0.2, -0.15) is 12.7 Å². The molecule has 1 heterocycles. The number of aromatic nitrogens is 2. The van der Waals surface area contributed by atoms with Gasteiger partial charge in [-0.05, 0) is 50.2 Å². The molecule has 0 unspecified atom stereocenters. The Kier molecular flexibility index (Phi) is 5.58. The zero-order valence-corrected chi connectivity index (χ0v) is 14.8. The van der Waals surface area contributed by atoms with Gasteiger partial charge >= 0.3 is 10.2 Å². The molecule has 0 aliphatic rings. The van der Waals surface area contributed by atoms with E-state index < -0.39 is 10.2 Å². The average Bonchev–Trinajstić information content (AvgIpc) is 2.50. The molecule has 0 spiro atoms. The van der Waals surface area contributed by atoms with Crippen molar-refractivity contribution in [3.8, 4) is 5.75 Å². The van der Waals surface area contributed by atoms with Crippen molar-refractivity contribution < 1.29 is 13.2 Å². The first-order valence-electron chi connectivity index (χ1n) is 7.34. The number of anilines is 3. The SMILES string of the molecule is CC(C)Oc1ccc(Nc2ccc(NS(=O)(=O)N(C)C)nn2)cc1. The van der Waals surface area contributed by atoms with E-state index in [2.05, 4.69) is 20.2 Å². The topological polar surface area (TPSA) is 96.5 Å². The molecule has 8 nitrogen and oxygen atoms in total. The molecule has 0 atom stereocenters. The highest BCUT2D eigenvalue weighted by Gasteiger charge is 2.13. The Hall–Kier alpha value is -2.39. The number of nitrogens with zero attached hydrogens (tertiary/aromatic N) is 3. The van der Waals surface area contributed by atoms with Crippen molar-refractivity contribution in [1.29, 1.82) is 0 Å². The summed E-state index contributed by atoms with van der Waals surface area (Å²) >= 11 is 0. The molecule has 1 aromatic heterocycles. The molecule has 9 heteroatoms. The van der Waals surface area contributed by atoms with Crippen LogP contribution in [0.1, 0.15) is 13.8 Å². The highest BCUT2D eigenvalue weighted by atomic mass is 32.2. The molecule has 0 aliphatic heterocycles. The van der Waals surface area contributed by atoms with Gasteiger partial charge in [0.05, 0.1) is 6.10 Å². The number of hydrogen-bond acceptors (Lipinski definition) is 6. The molecule has 2 N–H and O–H groups in total. The van der Waals surface area contributed by atoms with Gasteiger partial charge in [0, 0.05) is 19.8 Å². The molecule has 0 radical (unpaired) electrons. The summed E-state index contributed by atoms with van der Waals surface area (Å²) in [6.45, 7) is 3.93. The molecule has 130 valence electrons. The summed E-state index contributed by atoms with van der Waals surface area (Å²) in [5.41, 5.74) is 0.821. The predicted octanol–water partition coefficient (Wildman–Crippen LogP) is 2.23. The number of benzene rings is 1. The zero-order chi connectivity index (χ0) is 17.7. The molecule has 0 amide bonds. The van der Waals surface area contributed by atoms with Crippen LogP contribution in [-0.4, -0.2) is 43.1 Å². The van der Waals surface area contributed by atoms with Crippen LogP contribution in [0.3, 0.4) is 0 Å². The fourth-order valence-electron chi connectivity index (χ4n) is 1.71. The molecule has 0 saturated heterocycles. The number of rotatable bonds is 7. The highest BCUT2D eigenvalue weighted by Crippen LogP contribution is 2.20. The van der Waals surface area contributed by atoms with E-state index in [1.807, 2.05) is 38.1 Å². The van der Waals surface area contributed by atoms with Crippen molar-refractivity contribution in [1.82, 2.24) is 14.5 Å². The van der Waals surface area contributed by atoms with Gasteiger partial charge in [-0.3, -0.25) is 4.72 Å². The Bertz CT molecular complexity index is 759. The van der Waals surface area contributed by atoms with Crippen LogP contribution in [0.25, 0.3) is 0 Å². The molecular weight excluding hydrogens is 330 g/mol. The Labute approximate surface area is 142 Å². The minimum absolute atomic E-state index is 0.119. The van der Waals surface area contributed by atoms with Crippen molar-refractivity contribution >= 4 is 27.5 Å². The summed E-state index contributed by atoms with van der Waals surface area (Å²) in [4.78, 5) is 0. The maximum Gasteiger partial charge on any atom is 0.302 e. The number of hydrogen-bond donors (Lipinski definition) is 2. The van der Waals surface area contributed by atoms with Gasteiger partial charge in [0.15, 0.2) is 11.6 Å². The molecule has 2 aromatic rings. The van der Waals surface area contributed by atoms with Gasteiger partial charge in [-0.15, -0.1) is 10.2 Å². The van der Waals surface area contributed by atoms with Gasteiger partial charge in [0.2, 0.25) is 0 Å². The van der Waals surface area contributed by atoms with E-state index in [0.717, 1.165) is 15.7 Å². The monoisotopic (exact) mass is 351 g/mol. The summed E-state index contributed by atoms with van der Waals surface area (Å²) < 4.78 is 32.4. The molecule has 24 heavy (non-hydrogen) atoms. The quantitative estimate of drug-likeness (QED) is 0.794. The lowest BCUT2D eigenvalue weighted by Gasteiger charge is -2.13. The second-order valence-electron chi connectivity index (χ2n) is 5.51. The minimum atomic E-state index is -3.59. The Balaban J connectivity index is 2.01. The first-order valence-corrected chi connectivity index (χ1v) is 8.78. The molecule has 0 bridgehead atoms. The molecule has 0 aliphatic carbocycles. The first kappa shape index (κ1) is 18.0. The van der Waals surface area contributed by atoms with E-state index in [9.17, 15) is 8.42 Å². The van der Waals surface area contributed by atoms with Crippen LogP contribution in [0, 0.1) is 0 Å². The van der Waals surface area contributed by atoms with E-state index >= 15 is 0 Å². The van der Waals surface area contributed by atoms with Crippen LogP contribution >= 0.6 is 0 Å². The molecule has 0 fully saturated rings. The smallest absolute Gasteiger partial charge is 0.302 e. The van der Waals surface area contributed by atoms with Gasteiger partial charge in [0.1, 0.15) is 5.75 Å². The Morgan fingerprint density at radius 1 is 1.00 bits per heavy atom. The fraction of sp³-hybridized carbons (Fsp3) is 0.333. The van der Waals surface area contributed by atoms with Crippen LogP contribution in [0.4, 0.5) is 17.3 Å². The standard InChI is InChI=1S/C15H21N5O3S/c1-11(2)23-13-7-5-12(6-8-13)16-14-9-10-15(18-17-14)19-24(21,22)20(3)4/h5-11H,1-4H3,(H,16,17)(H,18,19). The summed E-state index contributed by atoms with van der Waals surface area (Å²) in [6, 6.07) is 10.6. The normalized spacial score (nSPS) is 11.6. The molecule has 1 aromatic carbocycles. The Morgan fingerprint density at radius 2 is 1.58 bits per heavy atom. The Morgan fingerprint density at radius 3 is 2.08 bits per heavy atom. The fourth-order valence-corrected chi connectivity index (χ4v) is 2.27. The van der Waals surface area contributed by atoms with Crippen molar-refractivity contribution in [3.05, 3.63) is 36.4 Å². The summed E-state index contributed by atoms with van der Waals surface area (Å²) in [7, 11) is -0.733. The summed E-state index contributed by atoms with van der Waals surface area (Å²) in [6.07, 6.45) is 0.119. The highest BCUT2D eigenvalue weighted by molar-refractivity contribution is 7.90. The zero-order valence-electron chi connectivity index (χ0n) is 14.0. The van der Waals surface area contributed by atoms with Crippen LogP contribution in [0.2, 0.25) is 0 Å². The van der Waals surface area contributed by atoms with Gasteiger partial charge in [0.25, 0.3) is 0 Å². The third-order valence-electron chi connectivity index (χ3n) is 2.88. The maximum absolute atomic E-state index is 11.7. The minimum Gasteiger partial charge on any atom is -0.491 e. The van der Waals surface area contributed by atoms with E-state index in [-0.39, 0.29) is 11.9 Å². The van der Waals surface area contributed by atoms with Gasteiger partial charge in [-0.1, -0.05) is 0 Å². The van der Waals surface area contributed by atoms with Crippen molar-refractivity contribution in [2.75, 3.05) is 24.1 Å². The number of ether oxygens (including phenoxy) is 1. The van der Waals surface area contributed by atoms with Crippen LogP contribution in [0.5, 0.6) is 5.75 Å². The van der Waals surface area contributed by atoms with Gasteiger partial charge in [-0.25, -0.2) is 0 Å². The van der Waals surface area contributed by atoms with Crippen LogP contribution in [0.15, 0.2) is 36.4 Å². The van der Waals surface area contributed by atoms with E-state index in [0.29, 0.717) is 5.82 Å². The number of nitrogens with one attached hydrogen (secondary N) is 2. The molecule has 0 saturated carbocycles. The average molecular weight is 351 g/mol. The third-order valence-corrected chi connectivity index (χ3v) is 4.31. The van der Waals surface area contributed by atoms with Crippen molar-refractivity contribution in [2.24, 2.45) is 0 Å². The van der Waals surface area contributed by atoms with Crippen LogP contribution < -0.4 is 14.8 Å². The van der Waals surface area contributed by atoms with Gasteiger partial charge < -0.3 is 10.1 Å². The maximum atomic E-state index is 11.7. The molecular formula is C15H21N5O3S. The lowest BCUT2D eigenvalue weighted by molar-refractivity contribution is 0.242.